The highest BCUT2D eigenvalue weighted by atomic mass is 35.5. The molecular formula is C22H16ClN3O3S. The Labute approximate surface area is 179 Å². The molecule has 0 aliphatic heterocycles. The van der Waals surface area contributed by atoms with E-state index in [1.54, 1.807) is 48.5 Å². The quantitative estimate of drug-likeness (QED) is 0.437. The SMILES string of the molecule is O=S(=O)(Nc1nc(Oc2ccc(Cl)cc2)cc(-c2ccccc2)n1)c1ccccc1. The van der Waals surface area contributed by atoms with Crippen LogP contribution in [-0.4, -0.2) is 18.4 Å². The van der Waals surface area contributed by atoms with Crippen LogP contribution in [0.4, 0.5) is 5.95 Å². The van der Waals surface area contributed by atoms with Crippen molar-refractivity contribution < 1.29 is 13.2 Å². The van der Waals surface area contributed by atoms with Crippen LogP contribution in [0.15, 0.2) is 95.9 Å². The fraction of sp³-hybridized carbons (Fsp3) is 0. The van der Waals surface area contributed by atoms with Gasteiger partial charge in [0.15, 0.2) is 0 Å². The fourth-order valence-electron chi connectivity index (χ4n) is 2.68. The van der Waals surface area contributed by atoms with Gasteiger partial charge in [-0.15, -0.1) is 0 Å². The molecule has 0 aliphatic carbocycles. The van der Waals surface area contributed by atoms with Gasteiger partial charge in [-0.1, -0.05) is 60.1 Å². The second kappa shape index (κ2) is 8.52. The van der Waals surface area contributed by atoms with Crippen LogP contribution in [0.5, 0.6) is 11.6 Å². The van der Waals surface area contributed by atoms with Gasteiger partial charge >= 0.3 is 0 Å². The third-order valence-corrected chi connectivity index (χ3v) is 5.68. The highest BCUT2D eigenvalue weighted by Crippen LogP contribution is 2.27. The molecule has 150 valence electrons. The molecule has 3 aromatic carbocycles. The summed E-state index contributed by atoms with van der Waals surface area (Å²) in [6.45, 7) is 0. The van der Waals surface area contributed by atoms with Crippen molar-refractivity contribution in [1.82, 2.24) is 9.97 Å². The summed E-state index contributed by atoms with van der Waals surface area (Å²) in [5.41, 5.74) is 1.31. The van der Waals surface area contributed by atoms with E-state index in [4.69, 9.17) is 16.3 Å². The first-order valence-electron chi connectivity index (χ1n) is 8.95. The van der Waals surface area contributed by atoms with Gasteiger partial charge in [0.25, 0.3) is 10.0 Å². The minimum Gasteiger partial charge on any atom is -0.439 e. The number of hydrogen-bond donors (Lipinski definition) is 1. The van der Waals surface area contributed by atoms with Crippen molar-refractivity contribution in [2.24, 2.45) is 0 Å². The van der Waals surface area contributed by atoms with Crippen molar-refractivity contribution in [3.05, 3.63) is 96.0 Å². The van der Waals surface area contributed by atoms with E-state index in [1.165, 1.54) is 12.1 Å². The molecule has 0 bridgehead atoms. The number of nitrogens with one attached hydrogen (secondary N) is 1. The topological polar surface area (TPSA) is 81.2 Å². The number of ether oxygens (including phenoxy) is 1. The lowest BCUT2D eigenvalue weighted by atomic mass is 10.1. The molecule has 0 aliphatic rings. The molecule has 0 amide bonds. The van der Waals surface area contributed by atoms with Crippen molar-refractivity contribution in [2.75, 3.05) is 4.72 Å². The number of halogens is 1. The van der Waals surface area contributed by atoms with E-state index in [2.05, 4.69) is 14.7 Å². The van der Waals surface area contributed by atoms with Gasteiger partial charge in [0.05, 0.1) is 10.6 Å². The second-order valence-corrected chi connectivity index (χ2v) is 8.37. The fourth-order valence-corrected chi connectivity index (χ4v) is 3.77. The molecule has 4 rings (SSSR count). The molecule has 0 fully saturated rings. The van der Waals surface area contributed by atoms with Gasteiger partial charge in [-0.2, -0.15) is 4.98 Å². The van der Waals surface area contributed by atoms with E-state index in [-0.39, 0.29) is 16.7 Å². The molecule has 1 heterocycles. The summed E-state index contributed by atoms with van der Waals surface area (Å²) in [4.78, 5) is 8.71. The smallest absolute Gasteiger partial charge is 0.264 e. The predicted octanol–water partition coefficient (Wildman–Crippen LogP) is 5.39. The van der Waals surface area contributed by atoms with Gasteiger partial charge in [-0.25, -0.2) is 18.1 Å². The Morgan fingerprint density at radius 3 is 2.10 bits per heavy atom. The zero-order valence-corrected chi connectivity index (χ0v) is 17.1. The summed E-state index contributed by atoms with van der Waals surface area (Å²) in [6.07, 6.45) is 0. The first kappa shape index (κ1) is 19.9. The molecule has 0 radical (unpaired) electrons. The Morgan fingerprint density at radius 1 is 0.800 bits per heavy atom. The van der Waals surface area contributed by atoms with Crippen LogP contribution in [0.1, 0.15) is 0 Å². The third-order valence-electron chi connectivity index (χ3n) is 4.09. The number of rotatable bonds is 6. The third kappa shape index (κ3) is 4.76. The van der Waals surface area contributed by atoms with Crippen LogP contribution in [0.2, 0.25) is 5.02 Å². The van der Waals surface area contributed by atoms with Crippen LogP contribution in [-0.2, 0) is 10.0 Å². The molecule has 0 saturated heterocycles. The average molecular weight is 438 g/mol. The van der Waals surface area contributed by atoms with Crippen molar-refractivity contribution in [3.63, 3.8) is 0 Å². The molecule has 8 heteroatoms. The molecular weight excluding hydrogens is 422 g/mol. The molecule has 0 atom stereocenters. The molecule has 0 unspecified atom stereocenters. The summed E-state index contributed by atoms with van der Waals surface area (Å²) in [5.74, 6) is 0.607. The molecule has 4 aromatic rings. The lowest BCUT2D eigenvalue weighted by Crippen LogP contribution is -2.15. The normalized spacial score (nSPS) is 11.1. The van der Waals surface area contributed by atoms with E-state index in [0.717, 1.165) is 5.56 Å². The van der Waals surface area contributed by atoms with Crippen molar-refractivity contribution >= 4 is 27.6 Å². The first-order valence-corrected chi connectivity index (χ1v) is 10.8. The number of sulfonamides is 1. The van der Waals surface area contributed by atoms with E-state index in [1.807, 2.05) is 30.3 Å². The zero-order valence-electron chi connectivity index (χ0n) is 15.6. The number of nitrogens with zero attached hydrogens (tertiary/aromatic N) is 2. The maximum atomic E-state index is 12.7. The molecule has 0 spiro atoms. The number of benzene rings is 3. The molecule has 6 nitrogen and oxygen atoms in total. The van der Waals surface area contributed by atoms with Crippen LogP contribution in [0.25, 0.3) is 11.3 Å². The summed E-state index contributed by atoms with van der Waals surface area (Å²) >= 11 is 5.92. The Kier molecular flexibility index (Phi) is 5.65. The highest BCUT2D eigenvalue weighted by Gasteiger charge is 2.17. The maximum Gasteiger partial charge on any atom is 0.264 e. The van der Waals surface area contributed by atoms with Crippen molar-refractivity contribution in [2.45, 2.75) is 4.90 Å². The summed E-state index contributed by atoms with van der Waals surface area (Å²) in [7, 11) is -3.86. The largest absolute Gasteiger partial charge is 0.439 e. The van der Waals surface area contributed by atoms with Gasteiger partial charge in [0, 0.05) is 16.7 Å². The Morgan fingerprint density at radius 2 is 1.43 bits per heavy atom. The van der Waals surface area contributed by atoms with E-state index < -0.39 is 10.0 Å². The van der Waals surface area contributed by atoms with Gasteiger partial charge < -0.3 is 4.74 Å². The maximum absolute atomic E-state index is 12.7. The van der Waals surface area contributed by atoms with E-state index >= 15 is 0 Å². The van der Waals surface area contributed by atoms with Crippen molar-refractivity contribution in [3.8, 4) is 22.9 Å². The number of aromatic nitrogens is 2. The zero-order chi connectivity index (χ0) is 21.0. The summed E-state index contributed by atoms with van der Waals surface area (Å²) in [5, 5.41) is 0.575. The molecule has 1 aromatic heterocycles. The van der Waals surface area contributed by atoms with Crippen LogP contribution in [0, 0.1) is 0 Å². The average Bonchev–Trinajstić information content (AvgIpc) is 2.76. The lowest BCUT2D eigenvalue weighted by Gasteiger charge is -2.11. The van der Waals surface area contributed by atoms with E-state index in [0.29, 0.717) is 16.5 Å². The molecule has 0 saturated carbocycles. The highest BCUT2D eigenvalue weighted by molar-refractivity contribution is 7.92. The second-order valence-electron chi connectivity index (χ2n) is 6.26. The lowest BCUT2D eigenvalue weighted by molar-refractivity contribution is 0.463. The minimum atomic E-state index is -3.86. The monoisotopic (exact) mass is 437 g/mol. The Bertz CT molecular complexity index is 1250. The van der Waals surface area contributed by atoms with Gasteiger partial charge in [0.2, 0.25) is 11.8 Å². The van der Waals surface area contributed by atoms with Crippen LogP contribution in [0.3, 0.4) is 0 Å². The molecule has 30 heavy (non-hydrogen) atoms. The Hall–Kier alpha value is -3.42. The van der Waals surface area contributed by atoms with Crippen LogP contribution < -0.4 is 9.46 Å². The number of anilines is 1. The minimum absolute atomic E-state index is 0.0934. The summed E-state index contributed by atoms with van der Waals surface area (Å²) in [6, 6.07) is 25.8. The van der Waals surface area contributed by atoms with E-state index in [9.17, 15) is 8.42 Å². The van der Waals surface area contributed by atoms with Crippen LogP contribution >= 0.6 is 11.6 Å². The van der Waals surface area contributed by atoms with Gasteiger partial charge in [-0.05, 0) is 36.4 Å². The summed E-state index contributed by atoms with van der Waals surface area (Å²) < 4.78 is 33.7. The van der Waals surface area contributed by atoms with Gasteiger partial charge in [0.1, 0.15) is 5.75 Å². The predicted molar refractivity (Wildman–Crippen MR) is 116 cm³/mol. The molecule has 1 N–H and O–H groups in total. The standard InChI is InChI=1S/C22H16ClN3O3S/c23-17-11-13-18(14-12-17)29-21-15-20(16-7-3-1-4-8-16)24-22(25-21)26-30(27,28)19-9-5-2-6-10-19/h1-15H,(H,24,25,26). The first-order chi connectivity index (χ1) is 14.5. The number of hydrogen-bond acceptors (Lipinski definition) is 5. The Balaban J connectivity index is 1.73. The van der Waals surface area contributed by atoms with Gasteiger partial charge in [-0.3, -0.25) is 0 Å². The van der Waals surface area contributed by atoms with Crippen molar-refractivity contribution in [1.29, 1.82) is 0 Å².